The molecule has 0 aliphatic carbocycles. The van der Waals surface area contributed by atoms with Crippen LogP contribution in [0.4, 0.5) is 5.13 Å². The first kappa shape index (κ1) is 14.6. The summed E-state index contributed by atoms with van der Waals surface area (Å²) in [5, 5.41) is 5.50. The molecule has 1 N–H and O–H groups in total. The molecular formula is C13H15Cl2N3S. The minimum atomic E-state index is 0.662. The van der Waals surface area contributed by atoms with Crippen molar-refractivity contribution in [1.29, 1.82) is 0 Å². The average molecular weight is 316 g/mol. The van der Waals surface area contributed by atoms with Gasteiger partial charge in [0.25, 0.3) is 0 Å². The fourth-order valence-electron chi connectivity index (χ4n) is 1.68. The van der Waals surface area contributed by atoms with Gasteiger partial charge < -0.3 is 5.32 Å². The fraction of sp³-hybridized carbons (Fsp3) is 0.385. The maximum absolute atomic E-state index is 6.12. The summed E-state index contributed by atoms with van der Waals surface area (Å²) < 4.78 is 4.29. The normalized spacial score (nSPS) is 10.7. The summed E-state index contributed by atoms with van der Waals surface area (Å²) in [5.74, 6) is 0.916. The molecule has 0 aliphatic rings. The van der Waals surface area contributed by atoms with Crippen LogP contribution >= 0.6 is 34.7 Å². The lowest BCUT2D eigenvalue weighted by molar-refractivity contribution is 0.860. The van der Waals surface area contributed by atoms with E-state index in [-0.39, 0.29) is 0 Å². The van der Waals surface area contributed by atoms with Gasteiger partial charge in [-0.1, -0.05) is 36.2 Å². The van der Waals surface area contributed by atoms with Crippen molar-refractivity contribution in [2.45, 2.75) is 26.2 Å². The minimum Gasteiger partial charge on any atom is -0.360 e. The Labute approximate surface area is 127 Å². The Balaban J connectivity index is 1.85. The number of benzene rings is 1. The van der Waals surface area contributed by atoms with Gasteiger partial charge in [-0.05, 0) is 30.5 Å². The van der Waals surface area contributed by atoms with E-state index in [2.05, 4.69) is 21.6 Å². The number of aryl methyl sites for hydroxylation is 1. The zero-order valence-electron chi connectivity index (χ0n) is 10.6. The molecular weight excluding hydrogens is 301 g/mol. The highest BCUT2D eigenvalue weighted by atomic mass is 35.5. The number of rotatable bonds is 6. The minimum absolute atomic E-state index is 0.662. The van der Waals surface area contributed by atoms with E-state index >= 15 is 0 Å². The zero-order valence-corrected chi connectivity index (χ0v) is 12.9. The second-order valence-corrected chi connectivity index (χ2v) is 5.77. The molecule has 1 aromatic heterocycles. The van der Waals surface area contributed by atoms with Crippen LogP contribution in [0.15, 0.2) is 18.2 Å². The van der Waals surface area contributed by atoms with Gasteiger partial charge in [-0.25, -0.2) is 4.98 Å². The number of hydrogen-bond acceptors (Lipinski definition) is 4. The van der Waals surface area contributed by atoms with Crippen LogP contribution < -0.4 is 5.32 Å². The highest BCUT2D eigenvalue weighted by Crippen LogP contribution is 2.21. The van der Waals surface area contributed by atoms with Crippen LogP contribution in [0.3, 0.4) is 0 Å². The van der Waals surface area contributed by atoms with E-state index in [1.165, 1.54) is 11.5 Å². The second-order valence-electron chi connectivity index (χ2n) is 4.18. The molecule has 1 aromatic carbocycles. The number of anilines is 1. The monoisotopic (exact) mass is 315 g/mol. The van der Waals surface area contributed by atoms with E-state index < -0.39 is 0 Å². The molecule has 102 valence electrons. The van der Waals surface area contributed by atoms with Crippen LogP contribution in [0, 0.1) is 0 Å². The lowest BCUT2D eigenvalue weighted by atomic mass is 10.1. The first-order valence-corrected chi connectivity index (χ1v) is 7.72. The molecule has 0 unspecified atom stereocenters. The highest BCUT2D eigenvalue weighted by molar-refractivity contribution is 7.09. The van der Waals surface area contributed by atoms with Gasteiger partial charge >= 0.3 is 0 Å². The van der Waals surface area contributed by atoms with Gasteiger partial charge in [0.05, 0.1) is 0 Å². The third kappa shape index (κ3) is 4.34. The Morgan fingerprint density at radius 2 is 2.11 bits per heavy atom. The SMILES string of the molecule is CCCc1nsc(NCCc2ccc(Cl)cc2Cl)n1. The Morgan fingerprint density at radius 1 is 1.26 bits per heavy atom. The van der Waals surface area contributed by atoms with Crippen molar-refractivity contribution < 1.29 is 0 Å². The van der Waals surface area contributed by atoms with Gasteiger partial charge in [0.2, 0.25) is 5.13 Å². The molecule has 0 bridgehead atoms. The van der Waals surface area contributed by atoms with Crippen molar-refractivity contribution in [1.82, 2.24) is 9.36 Å². The molecule has 0 amide bonds. The number of halogens is 2. The predicted octanol–water partition coefficient (Wildman–Crippen LogP) is 4.45. The summed E-state index contributed by atoms with van der Waals surface area (Å²) in [6, 6.07) is 5.57. The van der Waals surface area contributed by atoms with Gasteiger partial charge in [-0.15, -0.1) is 0 Å². The van der Waals surface area contributed by atoms with E-state index in [4.69, 9.17) is 23.2 Å². The summed E-state index contributed by atoms with van der Waals surface area (Å²) in [5.41, 5.74) is 1.08. The number of nitrogens with one attached hydrogen (secondary N) is 1. The molecule has 2 aromatic rings. The molecule has 1 heterocycles. The van der Waals surface area contributed by atoms with Gasteiger partial charge in [-0.3, -0.25) is 0 Å². The third-order valence-corrected chi connectivity index (χ3v) is 3.92. The van der Waals surface area contributed by atoms with E-state index in [0.717, 1.165) is 42.3 Å². The van der Waals surface area contributed by atoms with E-state index in [1.54, 1.807) is 6.07 Å². The molecule has 0 saturated carbocycles. The van der Waals surface area contributed by atoms with Crippen LogP contribution in [-0.2, 0) is 12.8 Å². The number of nitrogens with zero attached hydrogens (tertiary/aromatic N) is 2. The summed E-state index contributed by atoms with van der Waals surface area (Å²) in [7, 11) is 0. The van der Waals surface area contributed by atoms with Gasteiger partial charge in [0.15, 0.2) is 0 Å². The lowest BCUT2D eigenvalue weighted by Gasteiger charge is -2.05. The van der Waals surface area contributed by atoms with Gasteiger partial charge in [0, 0.05) is 34.5 Å². The van der Waals surface area contributed by atoms with Crippen LogP contribution in [-0.4, -0.2) is 15.9 Å². The highest BCUT2D eigenvalue weighted by Gasteiger charge is 2.04. The second kappa shape index (κ2) is 7.08. The summed E-state index contributed by atoms with van der Waals surface area (Å²) >= 11 is 13.4. The summed E-state index contributed by atoms with van der Waals surface area (Å²) in [6.45, 7) is 2.90. The largest absolute Gasteiger partial charge is 0.360 e. The topological polar surface area (TPSA) is 37.8 Å². The van der Waals surface area contributed by atoms with Crippen molar-refractivity contribution in [2.24, 2.45) is 0 Å². The van der Waals surface area contributed by atoms with Crippen LogP contribution in [0.1, 0.15) is 24.7 Å². The van der Waals surface area contributed by atoms with E-state index in [1.807, 2.05) is 12.1 Å². The Bertz CT molecular complexity index is 542. The van der Waals surface area contributed by atoms with Gasteiger partial charge in [-0.2, -0.15) is 4.37 Å². The standard InChI is InChI=1S/C13H15Cl2N3S/c1-2-3-12-17-13(19-18-12)16-7-6-9-4-5-10(14)8-11(9)15/h4-5,8H,2-3,6-7H2,1H3,(H,16,17,18). The molecule has 3 nitrogen and oxygen atoms in total. The molecule has 0 atom stereocenters. The van der Waals surface area contributed by atoms with Crippen molar-refractivity contribution in [3.8, 4) is 0 Å². The Morgan fingerprint density at radius 3 is 2.84 bits per heavy atom. The fourth-order valence-corrected chi connectivity index (χ4v) is 2.82. The molecule has 0 aliphatic heterocycles. The lowest BCUT2D eigenvalue weighted by Crippen LogP contribution is -2.05. The van der Waals surface area contributed by atoms with Crippen molar-refractivity contribution in [3.05, 3.63) is 39.6 Å². The van der Waals surface area contributed by atoms with E-state index in [0.29, 0.717) is 10.0 Å². The maximum atomic E-state index is 6.12. The predicted molar refractivity (Wildman–Crippen MR) is 82.6 cm³/mol. The third-order valence-electron chi connectivity index (χ3n) is 2.63. The number of aromatic nitrogens is 2. The molecule has 6 heteroatoms. The molecule has 0 radical (unpaired) electrons. The van der Waals surface area contributed by atoms with Crippen LogP contribution in [0.2, 0.25) is 10.0 Å². The van der Waals surface area contributed by atoms with Crippen molar-refractivity contribution >= 4 is 39.9 Å². The van der Waals surface area contributed by atoms with Gasteiger partial charge in [0.1, 0.15) is 5.82 Å². The first-order chi connectivity index (χ1) is 9.19. The average Bonchev–Trinajstić information content (AvgIpc) is 2.80. The Kier molecular flexibility index (Phi) is 5.43. The van der Waals surface area contributed by atoms with E-state index in [9.17, 15) is 0 Å². The molecule has 2 rings (SSSR count). The molecule has 0 saturated heterocycles. The Hall–Kier alpha value is -0.840. The van der Waals surface area contributed by atoms with Crippen LogP contribution in [0.25, 0.3) is 0 Å². The number of hydrogen-bond donors (Lipinski definition) is 1. The summed E-state index contributed by atoms with van der Waals surface area (Å²) in [6.07, 6.45) is 2.83. The maximum Gasteiger partial charge on any atom is 0.202 e. The summed E-state index contributed by atoms with van der Waals surface area (Å²) in [4.78, 5) is 4.41. The molecule has 19 heavy (non-hydrogen) atoms. The first-order valence-electron chi connectivity index (χ1n) is 6.19. The molecule has 0 spiro atoms. The smallest absolute Gasteiger partial charge is 0.202 e. The zero-order chi connectivity index (χ0) is 13.7. The quantitative estimate of drug-likeness (QED) is 0.855. The van der Waals surface area contributed by atoms with Crippen molar-refractivity contribution in [3.63, 3.8) is 0 Å². The molecule has 0 fully saturated rings. The van der Waals surface area contributed by atoms with Crippen molar-refractivity contribution in [2.75, 3.05) is 11.9 Å². The van der Waals surface area contributed by atoms with Crippen LogP contribution in [0.5, 0.6) is 0 Å².